The van der Waals surface area contributed by atoms with Gasteiger partial charge < -0.3 is 0 Å². The van der Waals surface area contributed by atoms with Crippen molar-refractivity contribution in [2.75, 3.05) is 0 Å². The fraction of sp³-hybridized carbons (Fsp3) is 0. The van der Waals surface area contributed by atoms with Crippen LogP contribution in [-0.2, 0) is 0 Å². The van der Waals surface area contributed by atoms with E-state index in [-0.39, 0.29) is 14.5 Å². The zero-order chi connectivity index (χ0) is 36.6. The molecule has 0 aliphatic heterocycles. The van der Waals surface area contributed by atoms with Gasteiger partial charge >= 0.3 is 328 Å². The fourth-order valence-corrected chi connectivity index (χ4v) is 10.4. The average Bonchev–Trinajstić information content (AvgIpc) is 3.66. The Morgan fingerprint density at radius 2 is 0.855 bits per heavy atom. The summed E-state index contributed by atoms with van der Waals surface area (Å²) in [5.74, 6) is 0. The molecule has 0 unspecified atom stereocenters. The van der Waals surface area contributed by atoms with Crippen molar-refractivity contribution in [3.8, 4) is 78.0 Å². The van der Waals surface area contributed by atoms with Crippen molar-refractivity contribution in [3.63, 3.8) is 0 Å². The van der Waals surface area contributed by atoms with Crippen molar-refractivity contribution < 1.29 is 0 Å². The number of benzene rings is 8. The SMILES string of the molecule is c1ccc(-c2ccccc2-c2ccc3[se]c4ccccc4c3c2-c2ccc(-c3ccccc3)c(-c3ccccc3-c3ccccc3)c2-c2ccnnn2)cc1. The van der Waals surface area contributed by atoms with E-state index in [4.69, 9.17) is 5.10 Å². The van der Waals surface area contributed by atoms with Crippen molar-refractivity contribution in [1.29, 1.82) is 0 Å². The maximum atomic E-state index is 4.81. The molecule has 2 heterocycles. The molecule has 10 aromatic rings. The Balaban J connectivity index is 1.40. The molecule has 0 fully saturated rings. The van der Waals surface area contributed by atoms with Gasteiger partial charge in [0.15, 0.2) is 0 Å². The molecule has 4 heteroatoms. The van der Waals surface area contributed by atoms with Crippen LogP contribution in [0.5, 0.6) is 0 Å². The zero-order valence-electron chi connectivity index (χ0n) is 29.8. The predicted molar refractivity (Wildman–Crippen MR) is 230 cm³/mol. The Morgan fingerprint density at radius 1 is 0.327 bits per heavy atom. The molecular formula is C51H33N3Se. The minimum absolute atomic E-state index is 0.168. The van der Waals surface area contributed by atoms with Crippen molar-refractivity contribution in [1.82, 2.24) is 15.4 Å². The van der Waals surface area contributed by atoms with E-state index >= 15 is 0 Å². The Morgan fingerprint density at radius 3 is 1.51 bits per heavy atom. The molecule has 0 bridgehead atoms. The molecule has 10 rings (SSSR count). The second-order valence-electron chi connectivity index (χ2n) is 13.6. The van der Waals surface area contributed by atoms with Crippen LogP contribution < -0.4 is 0 Å². The van der Waals surface area contributed by atoms with Gasteiger partial charge in [0.05, 0.1) is 0 Å². The number of rotatable bonds is 7. The van der Waals surface area contributed by atoms with E-state index < -0.39 is 0 Å². The van der Waals surface area contributed by atoms with Gasteiger partial charge in [-0.05, 0) is 0 Å². The minimum atomic E-state index is 0.168. The summed E-state index contributed by atoms with van der Waals surface area (Å²) in [6.45, 7) is 0. The molecule has 0 saturated carbocycles. The third-order valence-electron chi connectivity index (χ3n) is 10.4. The molecule has 0 radical (unpaired) electrons. The van der Waals surface area contributed by atoms with Crippen LogP contribution in [-0.4, -0.2) is 29.9 Å². The van der Waals surface area contributed by atoms with Gasteiger partial charge in [-0.3, -0.25) is 0 Å². The molecule has 0 amide bonds. The van der Waals surface area contributed by atoms with Crippen molar-refractivity contribution >= 4 is 33.8 Å². The maximum absolute atomic E-state index is 4.81. The van der Waals surface area contributed by atoms with Gasteiger partial charge in [0.1, 0.15) is 0 Å². The number of aromatic nitrogens is 3. The van der Waals surface area contributed by atoms with Gasteiger partial charge in [-0.1, -0.05) is 0 Å². The molecule has 0 aliphatic rings. The van der Waals surface area contributed by atoms with Crippen molar-refractivity contribution in [2.24, 2.45) is 0 Å². The van der Waals surface area contributed by atoms with Crippen LogP contribution in [0.3, 0.4) is 0 Å². The number of nitrogens with zero attached hydrogens (tertiary/aromatic N) is 3. The van der Waals surface area contributed by atoms with Gasteiger partial charge in [-0.2, -0.15) is 0 Å². The van der Waals surface area contributed by atoms with Crippen LogP contribution >= 0.6 is 0 Å². The third-order valence-corrected chi connectivity index (χ3v) is 12.8. The Hall–Kier alpha value is -6.71. The summed E-state index contributed by atoms with van der Waals surface area (Å²) in [5.41, 5.74) is 15.7. The molecule has 8 aromatic carbocycles. The molecule has 0 spiro atoms. The van der Waals surface area contributed by atoms with E-state index in [0.29, 0.717) is 0 Å². The van der Waals surface area contributed by atoms with E-state index in [1.807, 2.05) is 6.07 Å². The summed E-state index contributed by atoms with van der Waals surface area (Å²) in [6.07, 6.45) is 1.76. The Labute approximate surface area is 326 Å². The first kappa shape index (κ1) is 32.9. The average molecular weight is 767 g/mol. The quantitative estimate of drug-likeness (QED) is 0.152. The predicted octanol–water partition coefficient (Wildman–Crippen LogP) is 12.9. The van der Waals surface area contributed by atoms with Crippen LogP contribution in [0.25, 0.3) is 97.3 Å². The first-order valence-electron chi connectivity index (χ1n) is 18.4. The van der Waals surface area contributed by atoms with Gasteiger partial charge in [0.2, 0.25) is 0 Å². The molecular weight excluding hydrogens is 734 g/mol. The Bertz CT molecular complexity index is 2960. The zero-order valence-corrected chi connectivity index (χ0v) is 31.5. The first-order chi connectivity index (χ1) is 27.3. The van der Waals surface area contributed by atoms with E-state index in [1.54, 1.807) is 6.20 Å². The van der Waals surface area contributed by atoms with Crippen LogP contribution in [0.4, 0.5) is 0 Å². The standard InChI is InChI=1S/C51H33N3Se/c1-4-16-34(17-5-1)37-22-10-12-24-40(37)42-30-31-47-51(43-26-14-15-27-46(43)55-47)49(42)44-29-28-39(36-20-8-3-9-21-36)48(50(44)45-32-33-52-54-53-45)41-25-13-11-23-38(41)35-18-6-2-7-19-35/h1-33H. The monoisotopic (exact) mass is 767 g/mol. The van der Waals surface area contributed by atoms with Crippen LogP contribution in [0.2, 0.25) is 0 Å². The molecule has 55 heavy (non-hydrogen) atoms. The van der Waals surface area contributed by atoms with Gasteiger partial charge in [-0.25, -0.2) is 0 Å². The molecule has 0 aliphatic carbocycles. The first-order valence-corrected chi connectivity index (χ1v) is 20.2. The summed E-state index contributed by atoms with van der Waals surface area (Å²) in [4.78, 5) is 0. The number of fused-ring (bicyclic) bond motifs is 3. The van der Waals surface area contributed by atoms with Crippen molar-refractivity contribution in [2.45, 2.75) is 0 Å². The molecule has 0 saturated heterocycles. The molecule has 3 nitrogen and oxygen atoms in total. The summed E-state index contributed by atoms with van der Waals surface area (Å²) in [6, 6.07) is 70.0. The van der Waals surface area contributed by atoms with Gasteiger partial charge in [0.25, 0.3) is 0 Å². The van der Waals surface area contributed by atoms with E-state index in [9.17, 15) is 0 Å². The van der Waals surface area contributed by atoms with Crippen LogP contribution in [0.1, 0.15) is 0 Å². The van der Waals surface area contributed by atoms with E-state index in [0.717, 1.165) is 50.2 Å². The van der Waals surface area contributed by atoms with E-state index in [2.05, 4.69) is 198 Å². The molecule has 258 valence electrons. The summed E-state index contributed by atoms with van der Waals surface area (Å²) in [7, 11) is 0. The number of hydrogen-bond acceptors (Lipinski definition) is 3. The fourth-order valence-electron chi connectivity index (χ4n) is 8.07. The summed E-state index contributed by atoms with van der Waals surface area (Å²) < 4.78 is 2.79. The number of hydrogen-bond donors (Lipinski definition) is 0. The topological polar surface area (TPSA) is 38.7 Å². The summed E-state index contributed by atoms with van der Waals surface area (Å²) >= 11 is 0.168. The summed E-state index contributed by atoms with van der Waals surface area (Å²) in [5, 5.41) is 15.8. The third kappa shape index (κ3) is 5.89. The normalized spacial score (nSPS) is 11.3. The second kappa shape index (κ2) is 14.3. The van der Waals surface area contributed by atoms with Crippen LogP contribution in [0.15, 0.2) is 200 Å². The molecule has 0 atom stereocenters. The van der Waals surface area contributed by atoms with E-state index in [1.165, 1.54) is 47.1 Å². The van der Waals surface area contributed by atoms with Gasteiger partial charge in [0, 0.05) is 0 Å². The van der Waals surface area contributed by atoms with Crippen molar-refractivity contribution in [3.05, 3.63) is 200 Å². The van der Waals surface area contributed by atoms with Crippen LogP contribution in [0, 0.1) is 0 Å². The molecule has 2 aromatic heterocycles. The molecule has 0 N–H and O–H groups in total. The second-order valence-corrected chi connectivity index (χ2v) is 15.8. The Kier molecular flexibility index (Phi) is 8.53. The van der Waals surface area contributed by atoms with Gasteiger partial charge in [-0.15, -0.1) is 0 Å².